The van der Waals surface area contributed by atoms with Gasteiger partial charge in [-0.05, 0) is 95.8 Å². The molecule has 0 saturated heterocycles. The van der Waals surface area contributed by atoms with Gasteiger partial charge < -0.3 is 0 Å². The minimum atomic E-state index is -3.70. The summed E-state index contributed by atoms with van der Waals surface area (Å²) < 4.78 is 27.0. The van der Waals surface area contributed by atoms with Crippen molar-refractivity contribution in [1.82, 2.24) is 0 Å². The van der Waals surface area contributed by atoms with Crippen LogP contribution in [0.3, 0.4) is 0 Å². The van der Waals surface area contributed by atoms with Gasteiger partial charge in [-0.2, -0.15) is 0 Å². The van der Waals surface area contributed by atoms with Gasteiger partial charge in [0.1, 0.15) is 0 Å². The van der Waals surface area contributed by atoms with E-state index in [0.717, 1.165) is 33.4 Å². The highest BCUT2D eigenvalue weighted by atomic mass is 35.5. The maximum atomic E-state index is 13.5. The molecule has 0 heterocycles. The van der Waals surface area contributed by atoms with Gasteiger partial charge in [-0.1, -0.05) is 59.6 Å². The van der Waals surface area contributed by atoms with Crippen molar-refractivity contribution in [2.75, 3.05) is 0 Å². The summed E-state index contributed by atoms with van der Waals surface area (Å²) in [5, 5.41) is 1.28. The van der Waals surface area contributed by atoms with Crippen molar-refractivity contribution in [2.45, 2.75) is 23.6 Å². The summed E-state index contributed by atoms with van der Waals surface area (Å²) >= 11 is 12.0. The molecule has 5 heteroatoms. The van der Waals surface area contributed by atoms with Gasteiger partial charge in [-0.25, -0.2) is 8.42 Å². The van der Waals surface area contributed by atoms with Crippen molar-refractivity contribution >= 4 is 33.0 Å². The van der Waals surface area contributed by atoms with Crippen LogP contribution >= 0.6 is 23.2 Å². The highest BCUT2D eigenvalue weighted by Crippen LogP contribution is 2.33. The molecule has 4 rings (SSSR count). The van der Waals surface area contributed by atoms with Gasteiger partial charge in [0.05, 0.1) is 9.79 Å². The fourth-order valence-electron chi connectivity index (χ4n) is 3.55. The summed E-state index contributed by atoms with van der Waals surface area (Å²) in [6.07, 6.45) is 0. The second kappa shape index (κ2) is 8.51. The topological polar surface area (TPSA) is 34.1 Å². The van der Waals surface area contributed by atoms with Gasteiger partial charge in [0.2, 0.25) is 9.84 Å². The van der Waals surface area contributed by atoms with Crippen LogP contribution in [-0.2, 0) is 9.84 Å². The number of benzene rings is 4. The molecular weight excluding hydrogens is 447 g/mol. The van der Waals surface area contributed by atoms with Crippen LogP contribution in [0.5, 0.6) is 0 Å². The first-order valence-electron chi connectivity index (χ1n) is 9.74. The Kier molecular flexibility index (Phi) is 5.94. The molecule has 0 aliphatic rings. The standard InChI is InChI=1S/C26H20Cl2O2S/c1-17-3-13-23(15-25(17)19-5-9-21(27)10-6-19)31(29,30)24-14-4-18(2)26(16-24)20-7-11-22(28)12-8-20/h3-16H,1-2H3. The maximum Gasteiger partial charge on any atom is 0.206 e. The van der Waals surface area contributed by atoms with E-state index in [2.05, 4.69) is 0 Å². The third kappa shape index (κ3) is 4.40. The average Bonchev–Trinajstić information content (AvgIpc) is 2.75. The molecule has 0 aromatic heterocycles. The quantitative estimate of drug-likeness (QED) is 0.307. The van der Waals surface area contributed by atoms with Crippen LogP contribution in [0.4, 0.5) is 0 Å². The number of aryl methyl sites for hydroxylation is 2. The third-order valence-corrected chi connectivity index (χ3v) is 7.60. The Bertz CT molecular complexity index is 1260. The number of sulfone groups is 1. The molecule has 156 valence electrons. The zero-order valence-electron chi connectivity index (χ0n) is 17.1. The van der Waals surface area contributed by atoms with Gasteiger partial charge in [0, 0.05) is 10.0 Å². The minimum absolute atomic E-state index is 0.258. The largest absolute Gasteiger partial charge is 0.219 e. The van der Waals surface area contributed by atoms with Gasteiger partial charge in [-0.3, -0.25) is 0 Å². The number of hydrogen-bond acceptors (Lipinski definition) is 2. The summed E-state index contributed by atoms with van der Waals surface area (Å²) in [5.74, 6) is 0. The van der Waals surface area contributed by atoms with Gasteiger partial charge >= 0.3 is 0 Å². The van der Waals surface area contributed by atoms with Crippen LogP contribution in [0.2, 0.25) is 10.0 Å². The van der Waals surface area contributed by atoms with Crippen LogP contribution in [0.15, 0.2) is 94.7 Å². The van der Waals surface area contributed by atoms with Crippen molar-refractivity contribution in [3.05, 3.63) is 106 Å². The smallest absolute Gasteiger partial charge is 0.206 e. The molecule has 0 aliphatic heterocycles. The minimum Gasteiger partial charge on any atom is -0.219 e. The van der Waals surface area contributed by atoms with E-state index in [4.69, 9.17) is 23.2 Å². The number of rotatable bonds is 4. The molecule has 0 atom stereocenters. The molecule has 0 radical (unpaired) electrons. The lowest BCUT2D eigenvalue weighted by molar-refractivity contribution is 0.596. The first-order chi connectivity index (χ1) is 14.8. The summed E-state index contributed by atoms with van der Waals surface area (Å²) in [7, 11) is -3.70. The normalized spacial score (nSPS) is 11.5. The summed E-state index contributed by atoms with van der Waals surface area (Å²) in [6.45, 7) is 3.93. The fourth-order valence-corrected chi connectivity index (χ4v) is 5.12. The first kappa shape index (κ1) is 21.6. The molecule has 4 aromatic rings. The molecule has 0 fully saturated rings. The Balaban J connectivity index is 1.80. The molecule has 0 aliphatic carbocycles. The Hall–Kier alpha value is -2.59. The molecule has 0 bridgehead atoms. The second-order valence-electron chi connectivity index (χ2n) is 7.47. The summed E-state index contributed by atoms with van der Waals surface area (Å²) in [4.78, 5) is 0.517. The average molecular weight is 467 g/mol. The SMILES string of the molecule is Cc1ccc(S(=O)(=O)c2ccc(C)c(-c3ccc(Cl)cc3)c2)cc1-c1ccc(Cl)cc1. The van der Waals surface area contributed by atoms with Crippen LogP contribution < -0.4 is 0 Å². The fraction of sp³-hybridized carbons (Fsp3) is 0.0769. The van der Waals surface area contributed by atoms with E-state index in [0.29, 0.717) is 10.0 Å². The zero-order chi connectivity index (χ0) is 22.2. The third-order valence-electron chi connectivity index (χ3n) is 5.35. The Morgan fingerprint density at radius 3 is 1.26 bits per heavy atom. The summed E-state index contributed by atoms with van der Waals surface area (Å²) in [6, 6.07) is 25.2. The van der Waals surface area contributed by atoms with Gasteiger partial charge in [0.15, 0.2) is 0 Å². The molecule has 0 spiro atoms. The maximum absolute atomic E-state index is 13.5. The number of halogens is 2. The highest BCUT2D eigenvalue weighted by molar-refractivity contribution is 7.91. The van der Waals surface area contributed by atoms with Crippen molar-refractivity contribution in [2.24, 2.45) is 0 Å². The van der Waals surface area contributed by atoms with Crippen LogP contribution in [0.1, 0.15) is 11.1 Å². The predicted molar refractivity (Wildman–Crippen MR) is 129 cm³/mol. The Morgan fingerprint density at radius 2 is 0.903 bits per heavy atom. The van der Waals surface area contributed by atoms with E-state index in [1.54, 1.807) is 48.5 Å². The first-order valence-corrected chi connectivity index (χ1v) is 12.0. The summed E-state index contributed by atoms with van der Waals surface area (Å²) in [5.41, 5.74) is 5.55. The molecule has 0 saturated carbocycles. The van der Waals surface area contributed by atoms with Crippen LogP contribution in [0.25, 0.3) is 22.3 Å². The molecule has 0 N–H and O–H groups in total. The predicted octanol–water partition coefficient (Wildman–Crippen LogP) is 7.78. The second-order valence-corrected chi connectivity index (χ2v) is 10.3. The lowest BCUT2D eigenvalue weighted by Gasteiger charge is -2.13. The Morgan fingerprint density at radius 1 is 0.548 bits per heavy atom. The van der Waals surface area contributed by atoms with Gasteiger partial charge in [-0.15, -0.1) is 0 Å². The lowest BCUT2D eigenvalue weighted by Crippen LogP contribution is -2.03. The van der Waals surface area contributed by atoms with Crippen molar-refractivity contribution in [1.29, 1.82) is 0 Å². The molecule has 4 aromatic carbocycles. The van der Waals surface area contributed by atoms with Crippen LogP contribution in [-0.4, -0.2) is 8.42 Å². The molecule has 31 heavy (non-hydrogen) atoms. The van der Waals surface area contributed by atoms with Gasteiger partial charge in [0.25, 0.3) is 0 Å². The highest BCUT2D eigenvalue weighted by Gasteiger charge is 2.20. The molecule has 0 unspecified atom stereocenters. The monoisotopic (exact) mass is 466 g/mol. The molecular formula is C26H20Cl2O2S. The van der Waals surface area contributed by atoms with E-state index in [-0.39, 0.29) is 9.79 Å². The molecule has 0 amide bonds. The number of hydrogen-bond donors (Lipinski definition) is 0. The Labute approximate surface area is 193 Å². The van der Waals surface area contributed by atoms with E-state index in [1.165, 1.54) is 0 Å². The van der Waals surface area contributed by atoms with Crippen molar-refractivity contribution in [3.63, 3.8) is 0 Å². The molecule has 2 nitrogen and oxygen atoms in total. The van der Waals surface area contributed by atoms with E-state index < -0.39 is 9.84 Å². The van der Waals surface area contributed by atoms with E-state index >= 15 is 0 Å². The van der Waals surface area contributed by atoms with Crippen molar-refractivity contribution in [3.8, 4) is 22.3 Å². The lowest BCUT2D eigenvalue weighted by atomic mass is 10.0. The zero-order valence-corrected chi connectivity index (χ0v) is 19.4. The van der Waals surface area contributed by atoms with E-state index in [1.807, 2.05) is 50.2 Å². The van der Waals surface area contributed by atoms with Crippen molar-refractivity contribution < 1.29 is 8.42 Å². The van der Waals surface area contributed by atoms with Crippen LogP contribution in [0, 0.1) is 13.8 Å². The van der Waals surface area contributed by atoms with E-state index in [9.17, 15) is 8.42 Å².